The van der Waals surface area contributed by atoms with Crippen molar-refractivity contribution in [1.29, 1.82) is 0 Å². The Labute approximate surface area is 282 Å². The van der Waals surface area contributed by atoms with E-state index < -0.39 is 30.6 Å². The van der Waals surface area contributed by atoms with Crippen LogP contribution in [0.15, 0.2) is 152 Å². The molecule has 246 valence electrons. The predicted octanol–water partition coefficient (Wildman–Crippen LogP) is 7.11. The van der Waals surface area contributed by atoms with E-state index in [1.807, 2.05) is 140 Å². The molecule has 1 aliphatic rings. The lowest BCUT2D eigenvalue weighted by atomic mass is 9.96. The minimum Gasteiger partial charge on any atom is -0.374 e. The van der Waals surface area contributed by atoms with Crippen molar-refractivity contribution in [3.8, 4) is 0 Å². The molecule has 5 aromatic carbocycles. The highest BCUT2D eigenvalue weighted by atomic mass is 16.6. The molecule has 1 N–H and O–H groups in total. The van der Waals surface area contributed by atoms with Gasteiger partial charge < -0.3 is 29.0 Å². The summed E-state index contributed by atoms with van der Waals surface area (Å²) in [4.78, 5) is 13.6. The summed E-state index contributed by atoms with van der Waals surface area (Å²) < 4.78 is 33.0. The fourth-order valence-electron chi connectivity index (χ4n) is 5.71. The second kappa shape index (κ2) is 17.5. The van der Waals surface area contributed by atoms with E-state index in [9.17, 15) is 4.79 Å². The SMILES string of the molecule is O=C(N[C@@H]1O[C@H](COCc2ccccc2)[C@@H](OCc2ccccc2)[C@H](OCc2ccccc2)[C@H]1OCc1ccccc1)c1ccccc1. The van der Waals surface area contributed by atoms with Crippen LogP contribution in [0.1, 0.15) is 32.6 Å². The standard InChI is InChI=1S/C41H41NO6/c43-40(35-24-14-5-15-25-35)42-41-39(47-29-34-22-12-4-13-23-34)38(46-28-33-20-10-3-11-21-33)37(45-27-32-18-8-2-9-19-32)36(48-41)30-44-26-31-16-6-1-7-17-31/h1-25,36-39,41H,26-30H2,(H,42,43)/t36-,37-,38+,39-,41-/m1/s1. The zero-order chi connectivity index (χ0) is 32.8. The fourth-order valence-corrected chi connectivity index (χ4v) is 5.71. The Kier molecular flexibility index (Phi) is 12.1. The third-order valence-corrected chi connectivity index (χ3v) is 8.19. The second-order valence-electron chi connectivity index (χ2n) is 11.7. The van der Waals surface area contributed by atoms with Gasteiger partial charge in [-0.25, -0.2) is 0 Å². The van der Waals surface area contributed by atoms with Gasteiger partial charge in [-0.1, -0.05) is 140 Å². The lowest BCUT2D eigenvalue weighted by Gasteiger charge is -2.46. The zero-order valence-corrected chi connectivity index (χ0v) is 26.8. The number of carbonyl (C=O) groups excluding carboxylic acids is 1. The van der Waals surface area contributed by atoms with Gasteiger partial charge in [0.1, 0.15) is 24.4 Å². The number of carbonyl (C=O) groups is 1. The Morgan fingerprint density at radius 3 is 1.38 bits per heavy atom. The molecule has 7 heteroatoms. The second-order valence-corrected chi connectivity index (χ2v) is 11.7. The van der Waals surface area contributed by atoms with Gasteiger partial charge in [0.2, 0.25) is 0 Å². The summed E-state index contributed by atoms with van der Waals surface area (Å²) in [6.45, 7) is 1.55. The quantitative estimate of drug-likeness (QED) is 0.131. The van der Waals surface area contributed by atoms with Crippen molar-refractivity contribution < 1.29 is 28.5 Å². The van der Waals surface area contributed by atoms with Gasteiger partial charge in [0.05, 0.1) is 33.0 Å². The lowest BCUT2D eigenvalue weighted by molar-refractivity contribution is -0.276. The number of hydrogen-bond acceptors (Lipinski definition) is 6. The Bertz CT molecular complexity index is 1640. The van der Waals surface area contributed by atoms with Crippen molar-refractivity contribution in [2.75, 3.05) is 6.61 Å². The van der Waals surface area contributed by atoms with Crippen LogP contribution in [-0.4, -0.2) is 43.2 Å². The van der Waals surface area contributed by atoms with Crippen LogP contribution in [0.2, 0.25) is 0 Å². The highest BCUT2D eigenvalue weighted by Crippen LogP contribution is 2.30. The van der Waals surface area contributed by atoms with E-state index in [2.05, 4.69) is 5.32 Å². The summed E-state index contributed by atoms with van der Waals surface area (Å²) in [7, 11) is 0. The van der Waals surface area contributed by atoms with Gasteiger partial charge in [0.25, 0.3) is 5.91 Å². The molecule has 1 heterocycles. The maximum Gasteiger partial charge on any atom is 0.253 e. The number of benzene rings is 5. The molecule has 0 radical (unpaired) electrons. The first-order valence-corrected chi connectivity index (χ1v) is 16.3. The van der Waals surface area contributed by atoms with E-state index in [0.29, 0.717) is 32.0 Å². The number of hydrogen-bond donors (Lipinski definition) is 1. The number of amides is 1. The molecular weight excluding hydrogens is 602 g/mol. The summed E-state index contributed by atoms with van der Waals surface area (Å²) in [6.07, 6.45) is -3.37. The molecule has 7 nitrogen and oxygen atoms in total. The van der Waals surface area contributed by atoms with Gasteiger partial charge in [-0.3, -0.25) is 4.79 Å². The monoisotopic (exact) mass is 643 g/mol. The van der Waals surface area contributed by atoms with Crippen molar-refractivity contribution in [3.63, 3.8) is 0 Å². The molecule has 6 rings (SSSR count). The van der Waals surface area contributed by atoms with Crippen molar-refractivity contribution in [3.05, 3.63) is 179 Å². The summed E-state index contributed by atoms with van der Waals surface area (Å²) in [5.41, 5.74) is 4.58. The predicted molar refractivity (Wildman–Crippen MR) is 184 cm³/mol. The van der Waals surface area contributed by atoms with Gasteiger partial charge in [0.15, 0.2) is 6.23 Å². The molecule has 0 bridgehead atoms. The Morgan fingerprint density at radius 1 is 0.500 bits per heavy atom. The summed E-state index contributed by atoms with van der Waals surface area (Å²) in [5, 5.41) is 3.10. The summed E-state index contributed by atoms with van der Waals surface area (Å²) >= 11 is 0. The van der Waals surface area contributed by atoms with Gasteiger partial charge in [-0.15, -0.1) is 0 Å². The Morgan fingerprint density at radius 2 is 0.896 bits per heavy atom. The molecule has 1 saturated heterocycles. The maximum atomic E-state index is 13.6. The molecular formula is C41H41NO6. The molecule has 5 atom stereocenters. The van der Waals surface area contributed by atoms with Crippen molar-refractivity contribution in [2.45, 2.75) is 57.1 Å². The smallest absolute Gasteiger partial charge is 0.253 e. The fraction of sp³-hybridized carbons (Fsp3) is 0.244. The van der Waals surface area contributed by atoms with Crippen molar-refractivity contribution in [2.24, 2.45) is 0 Å². The Hall–Kier alpha value is -4.63. The molecule has 0 spiro atoms. The van der Waals surface area contributed by atoms with Gasteiger partial charge in [-0.2, -0.15) is 0 Å². The molecule has 0 aromatic heterocycles. The highest BCUT2D eigenvalue weighted by Gasteiger charge is 2.49. The van der Waals surface area contributed by atoms with Crippen molar-refractivity contribution in [1.82, 2.24) is 5.32 Å². The van der Waals surface area contributed by atoms with Gasteiger partial charge in [-0.05, 0) is 34.4 Å². The van der Waals surface area contributed by atoms with Gasteiger partial charge >= 0.3 is 0 Å². The van der Waals surface area contributed by atoms with Crippen LogP contribution in [0.3, 0.4) is 0 Å². The third kappa shape index (κ3) is 9.47. The molecule has 0 saturated carbocycles. The minimum absolute atomic E-state index is 0.211. The maximum absolute atomic E-state index is 13.6. The van der Waals surface area contributed by atoms with Crippen LogP contribution >= 0.6 is 0 Å². The molecule has 5 aromatic rings. The number of ether oxygens (including phenoxy) is 5. The van der Waals surface area contributed by atoms with Crippen LogP contribution in [0.4, 0.5) is 0 Å². The summed E-state index contributed by atoms with van der Waals surface area (Å²) in [6, 6.07) is 49.0. The minimum atomic E-state index is -0.857. The number of nitrogens with one attached hydrogen (secondary N) is 1. The normalized spacial score (nSPS) is 20.6. The molecule has 0 aliphatic carbocycles. The van der Waals surface area contributed by atoms with E-state index >= 15 is 0 Å². The van der Waals surface area contributed by atoms with E-state index in [0.717, 1.165) is 22.3 Å². The first-order valence-electron chi connectivity index (χ1n) is 16.3. The zero-order valence-electron chi connectivity index (χ0n) is 26.8. The van der Waals surface area contributed by atoms with Gasteiger partial charge in [0, 0.05) is 5.56 Å². The molecule has 1 fully saturated rings. The van der Waals surface area contributed by atoms with Crippen molar-refractivity contribution >= 4 is 5.91 Å². The number of rotatable bonds is 15. The van der Waals surface area contributed by atoms with Crippen LogP contribution in [0.5, 0.6) is 0 Å². The van der Waals surface area contributed by atoms with Crippen LogP contribution in [0.25, 0.3) is 0 Å². The first-order chi connectivity index (χ1) is 23.7. The average molecular weight is 644 g/mol. The van der Waals surface area contributed by atoms with Crippen LogP contribution in [0, 0.1) is 0 Å². The lowest BCUT2D eigenvalue weighted by Crippen LogP contribution is -2.65. The third-order valence-electron chi connectivity index (χ3n) is 8.19. The summed E-state index contributed by atoms with van der Waals surface area (Å²) in [5.74, 6) is -0.275. The largest absolute Gasteiger partial charge is 0.374 e. The Balaban J connectivity index is 1.32. The first kappa shape index (κ1) is 33.3. The molecule has 0 unspecified atom stereocenters. The molecule has 1 aliphatic heterocycles. The van der Waals surface area contributed by atoms with Crippen LogP contribution in [-0.2, 0) is 50.1 Å². The highest BCUT2D eigenvalue weighted by molar-refractivity contribution is 5.94. The van der Waals surface area contributed by atoms with E-state index in [-0.39, 0.29) is 12.5 Å². The topological polar surface area (TPSA) is 75.3 Å². The molecule has 48 heavy (non-hydrogen) atoms. The van der Waals surface area contributed by atoms with E-state index in [1.165, 1.54) is 0 Å². The van der Waals surface area contributed by atoms with Crippen LogP contribution < -0.4 is 5.32 Å². The van der Waals surface area contributed by atoms with E-state index in [4.69, 9.17) is 23.7 Å². The average Bonchev–Trinajstić information content (AvgIpc) is 3.15. The molecule has 1 amide bonds. The van der Waals surface area contributed by atoms with E-state index in [1.54, 1.807) is 12.1 Å².